The summed E-state index contributed by atoms with van der Waals surface area (Å²) in [5.41, 5.74) is 0.825. The van der Waals surface area contributed by atoms with Crippen molar-refractivity contribution in [1.29, 1.82) is 0 Å². The first kappa shape index (κ1) is 7.47. The van der Waals surface area contributed by atoms with E-state index in [1.807, 2.05) is 0 Å². The molecule has 1 aliphatic carbocycles. The predicted octanol–water partition coefficient (Wildman–Crippen LogP) is -0.456. The lowest BCUT2D eigenvalue weighted by molar-refractivity contribution is -0.174. The van der Waals surface area contributed by atoms with Gasteiger partial charge in [-0.15, -0.1) is 0 Å². The van der Waals surface area contributed by atoms with Gasteiger partial charge < -0.3 is 15.3 Å². The van der Waals surface area contributed by atoms with Crippen LogP contribution in [0.2, 0.25) is 0 Å². The summed E-state index contributed by atoms with van der Waals surface area (Å²) in [7, 11) is 0. The highest BCUT2D eigenvalue weighted by atomic mass is 16.5. The summed E-state index contributed by atoms with van der Waals surface area (Å²) in [5.74, 6) is -2.08. The zero-order chi connectivity index (χ0) is 7.78. The van der Waals surface area contributed by atoms with E-state index < -0.39 is 11.9 Å². The average molecular weight is 142 g/mol. The molecule has 56 valence electrons. The molecule has 0 aromatic heterocycles. The molecule has 0 heterocycles. The predicted molar refractivity (Wildman–Crippen MR) is 36.1 cm³/mol. The maximum absolute atomic E-state index is 8.98. The minimum Gasteiger partial charge on any atom is -0.383 e. The second-order valence-corrected chi connectivity index (χ2v) is 2.47. The number of hydrogen-bond acceptors (Lipinski definition) is 3. The summed E-state index contributed by atoms with van der Waals surface area (Å²) in [5, 5.41) is 26.8. The molecule has 1 atom stereocenters. The van der Waals surface area contributed by atoms with Crippen LogP contribution in [0.4, 0.5) is 0 Å². The van der Waals surface area contributed by atoms with E-state index in [1.54, 1.807) is 13.0 Å². The molecule has 0 fully saturated rings. The van der Waals surface area contributed by atoms with Crippen molar-refractivity contribution in [3.63, 3.8) is 0 Å². The summed E-state index contributed by atoms with van der Waals surface area (Å²) in [6, 6.07) is 0. The van der Waals surface area contributed by atoms with E-state index in [9.17, 15) is 0 Å². The molecule has 0 saturated carbocycles. The molecule has 1 unspecified atom stereocenters. The van der Waals surface area contributed by atoms with Gasteiger partial charge in [0.1, 0.15) is 6.10 Å². The van der Waals surface area contributed by atoms with Crippen LogP contribution in [0.1, 0.15) is 6.92 Å². The molecule has 0 aromatic rings. The third kappa shape index (κ3) is 1.26. The molecule has 0 spiro atoms. The van der Waals surface area contributed by atoms with Crippen LogP contribution in [0.3, 0.4) is 0 Å². The number of allylic oxidation sites excluding steroid dienone is 2. The van der Waals surface area contributed by atoms with Gasteiger partial charge in [0.15, 0.2) is 0 Å². The molecule has 0 aliphatic heterocycles. The average Bonchev–Trinajstić information content (AvgIpc) is 1.81. The van der Waals surface area contributed by atoms with Gasteiger partial charge in [-0.1, -0.05) is 11.6 Å². The van der Waals surface area contributed by atoms with Gasteiger partial charge in [-0.05, 0) is 19.1 Å². The standard InChI is InChI=1S/C7H10O3/c1-5-2-3-7(9,10)6(8)4-5/h2-4,6,8-10H,1H3. The summed E-state index contributed by atoms with van der Waals surface area (Å²) in [4.78, 5) is 0. The van der Waals surface area contributed by atoms with E-state index in [2.05, 4.69) is 0 Å². The maximum atomic E-state index is 8.98. The van der Waals surface area contributed by atoms with Gasteiger partial charge in [0, 0.05) is 0 Å². The van der Waals surface area contributed by atoms with E-state index in [1.165, 1.54) is 6.08 Å². The smallest absolute Gasteiger partial charge is 0.213 e. The topological polar surface area (TPSA) is 60.7 Å². The Bertz CT molecular complexity index is 191. The van der Waals surface area contributed by atoms with Crippen molar-refractivity contribution >= 4 is 0 Å². The Kier molecular flexibility index (Phi) is 1.64. The molecule has 3 nitrogen and oxygen atoms in total. The van der Waals surface area contributed by atoms with Crippen LogP contribution in [0.5, 0.6) is 0 Å². The minimum atomic E-state index is -2.08. The molecule has 0 radical (unpaired) electrons. The quantitative estimate of drug-likeness (QED) is 0.401. The molecule has 0 bridgehead atoms. The van der Waals surface area contributed by atoms with Gasteiger partial charge in [0.25, 0.3) is 0 Å². The van der Waals surface area contributed by atoms with Gasteiger partial charge in [-0.3, -0.25) is 0 Å². The number of aliphatic hydroxyl groups excluding tert-OH is 1. The minimum absolute atomic E-state index is 0.825. The second-order valence-electron chi connectivity index (χ2n) is 2.47. The Balaban J connectivity index is 2.84. The molecule has 0 amide bonds. The zero-order valence-corrected chi connectivity index (χ0v) is 5.65. The number of hydrogen-bond donors (Lipinski definition) is 3. The van der Waals surface area contributed by atoms with Crippen LogP contribution in [0.15, 0.2) is 23.8 Å². The highest BCUT2D eigenvalue weighted by molar-refractivity contribution is 5.26. The Hall–Kier alpha value is -0.640. The highest BCUT2D eigenvalue weighted by Crippen LogP contribution is 2.17. The summed E-state index contributed by atoms with van der Waals surface area (Å²) >= 11 is 0. The van der Waals surface area contributed by atoms with Gasteiger partial charge >= 0.3 is 0 Å². The van der Waals surface area contributed by atoms with Crippen molar-refractivity contribution in [3.8, 4) is 0 Å². The van der Waals surface area contributed by atoms with Gasteiger partial charge in [-0.25, -0.2) is 0 Å². The lowest BCUT2D eigenvalue weighted by Crippen LogP contribution is -2.40. The van der Waals surface area contributed by atoms with Gasteiger partial charge in [-0.2, -0.15) is 0 Å². The Labute approximate surface area is 58.9 Å². The zero-order valence-electron chi connectivity index (χ0n) is 5.65. The third-order valence-corrected chi connectivity index (χ3v) is 1.45. The number of aliphatic hydroxyl groups is 3. The van der Waals surface area contributed by atoms with Crippen LogP contribution in [0, 0.1) is 0 Å². The van der Waals surface area contributed by atoms with Crippen molar-refractivity contribution < 1.29 is 15.3 Å². The lowest BCUT2D eigenvalue weighted by Gasteiger charge is -2.24. The first-order valence-corrected chi connectivity index (χ1v) is 3.03. The Morgan fingerprint density at radius 2 is 2.10 bits per heavy atom. The molecule has 3 heteroatoms. The monoisotopic (exact) mass is 142 g/mol. The van der Waals surface area contributed by atoms with Gasteiger partial charge in [0.05, 0.1) is 0 Å². The fourth-order valence-corrected chi connectivity index (χ4v) is 0.780. The largest absolute Gasteiger partial charge is 0.383 e. The first-order chi connectivity index (χ1) is 4.52. The van der Waals surface area contributed by atoms with Crippen LogP contribution in [-0.4, -0.2) is 27.2 Å². The van der Waals surface area contributed by atoms with Crippen LogP contribution < -0.4 is 0 Å². The highest BCUT2D eigenvalue weighted by Gasteiger charge is 2.30. The normalized spacial score (nSPS) is 30.0. The van der Waals surface area contributed by atoms with E-state index >= 15 is 0 Å². The summed E-state index contributed by atoms with van der Waals surface area (Å²) in [6.45, 7) is 1.77. The van der Waals surface area contributed by atoms with E-state index in [0.717, 1.165) is 11.6 Å². The Morgan fingerprint density at radius 3 is 2.50 bits per heavy atom. The fourth-order valence-electron chi connectivity index (χ4n) is 0.780. The van der Waals surface area contributed by atoms with Crippen molar-refractivity contribution in [2.24, 2.45) is 0 Å². The second kappa shape index (κ2) is 2.20. The van der Waals surface area contributed by atoms with Crippen LogP contribution in [-0.2, 0) is 0 Å². The van der Waals surface area contributed by atoms with Crippen molar-refractivity contribution in [2.75, 3.05) is 0 Å². The molecule has 10 heavy (non-hydrogen) atoms. The lowest BCUT2D eigenvalue weighted by atomic mass is 10.0. The van der Waals surface area contributed by atoms with E-state index in [0.29, 0.717) is 0 Å². The molecule has 0 aromatic carbocycles. The van der Waals surface area contributed by atoms with Crippen molar-refractivity contribution in [1.82, 2.24) is 0 Å². The summed E-state index contributed by atoms with van der Waals surface area (Å²) < 4.78 is 0. The SMILES string of the molecule is CC1=CC(O)C(O)(O)C=C1. The summed E-state index contributed by atoms with van der Waals surface area (Å²) in [6.07, 6.45) is 2.89. The molecular formula is C7H10O3. The molecule has 0 saturated heterocycles. The fraction of sp³-hybridized carbons (Fsp3) is 0.429. The molecular weight excluding hydrogens is 132 g/mol. The first-order valence-electron chi connectivity index (χ1n) is 3.03. The Morgan fingerprint density at radius 1 is 1.50 bits per heavy atom. The molecule has 1 aliphatic rings. The number of rotatable bonds is 0. The molecule has 3 N–H and O–H groups in total. The van der Waals surface area contributed by atoms with Crippen molar-refractivity contribution in [3.05, 3.63) is 23.8 Å². The maximum Gasteiger partial charge on any atom is 0.213 e. The van der Waals surface area contributed by atoms with Gasteiger partial charge in [0.2, 0.25) is 5.79 Å². The van der Waals surface area contributed by atoms with E-state index in [-0.39, 0.29) is 0 Å². The third-order valence-electron chi connectivity index (χ3n) is 1.45. The van der Waals surface area contributed by atoms with E-state index in [4.69, 9.17) is 15.3 Å². The molecule has 1 rings (SSSR count). The van der Waals surface area contributed by atoms with Crippen molar-refractivity contribution in [2.45, 2.75) is 18.8 Å². The van der Waals surface area contributed by atoms with Crippen LogP contribution >= 0.6 is 0 Å². The van der Waals surface area contributed by atoms with Crippen LogP contribution in [0.25, 0.3) is 0 Å².